The van der Waals surface area contributed by atoms with E-state index in [1.165, 1.54) is 0 Å². The lowest BCUT2D eigenvalue weighted by Gasteiger charge is -1.92. The Hall–Kier alpha value is -0.350. The van der Waals surface area contributed by atoms with Gasteiger partial charge < -0.3 is 9.63 Å². The van der Waals surface area contributed by atoms with Gasteiger partial charge in [0.25, 0.3) is 0 Å². The van der Waals surface area contributed by atoms with E-state index in [4.69, 9.17) is 5.11 Å². The summed E-state index contributed by atoms with van der Waals surface area (Å²) in [6.45, 7) is 1.62. The van der Waals surface area contributed by atoms with Crippen LogP contribution in [0.2, 0.25) is 0 Å². The first kappa shape index (κ1) is 6.77. The number of hydrogen-bond acceptors (Lipinski definition) is 3. The number of aromatic nitrogens is 1. The number of hydrogen-bond donors (Lipinski definition) is 1. The second-order valence-electron chi connectivity index (χ2n) is 1.73. The first-order chi connectivity index (χ1) is 4.20. The van der Waals surface area contributed by atoms with Crippen molar-refractivity contribution in [3.63, 3.8) is 0 Å². The Balaban J connectivity index is 2.85. The van der Waals surface area contributed by atoms with Gasteiger partial charge in [-0.1, -0.05) is 5.16 Å². The molecule has 3 nitrogen and oxygen atoms in total. The molecule has 0 amide bonds. The first-order valence-electron chi connectivity index (χ1n) is 2.50. The fourth-order valence-corrected chi connectivity index (χ4v) is 0.761. The van der Waals surface area contributed by atoms with E-state index in [-0.39, 0.29) is 0 Å². The van der Waals surface area contributed by atoms with Gasteiger partial charge in [0.05, 0.1) is 0 Å². The van der Waals surface area contributed by atoms with Gasteiger partial charge in [-0.05, 0) is 22.9 Å². The standard InChI is InChI=1S/C5H6BrNO2/c1-3(8)4-2-5(6)7-9-4/h2-3,8H,1H3. The molecule has 0 spiro atoms. The summed E-state index contributed by atoms with van der Waals surface area (Å²) in [5, 5.41) is 12.4. The minimum Gasteiger partial charge on any atom is -0.385 e. The van der Waals surface area contributed by atoms with Crippen molar-refractivity contribution < 1.29 is 9.63 Å². The minimum absolute atomic E-state index is 0.474. The lowest BCUT2D eigenvalue weighted by Crippen LogP contribution is -1.85. The second kappa shape index (κ2) is 2.49. The van der Waals surface area contributed by atoms with Crippen molar-refractivity contribution in [3.05, 3.63) is 16.4 Å². The molecule has 0 aromatic carbocycles. The van der Waals surface area contributed by atoms with Gasteiger partial charge >= 0.3 is 0 Å². The normalized spacial score (nSPS) is 13.7. The zero-order chi connectivity index (χ0) is 6.85. The van der Waals surface area contributed by atoms with Gasteiger partial charge in [-0.25, -0.2) is 0 Å². The van der Waals surface area contributed by atoms with Crippen LogP contribution in [0.5, 0.6) is 0 Å². The molecule has 1 rings (SSSR count). The molecule has 0 bridgehead atoms. The lowest BCUT2D eigenvalue weighted by atomic mass is 10.3. The predicted molar refractivity (Wildman–Crippen MR) is 34.8 cm³/mol. The molecule has 1 aromatic rings. The maximum absolute atomic E-state index is 8.88. The third kappa shape index (κ3) is 1.53. The Morgan fingerprint density at radius 1 is 1.89 bits per heavy atom. The summed E-state index contributed by atoms with van der Waals surface area (Å²) in [7, 11) is 0. The van der Waals surface area contributed by atoms with Crippen LogP contribution in [-0.2, 0) is 0 Å². The molecule has 0 aliphatic heterocycles. The number of aliphatic hydroxyl groups is 1. The molecule has 50 valence electrons. The zero-order valence-electron chi connectivity index (χ0n) is 4.84. The van der Waals surface area contributed by atoms with Crippen LogP contribution in [0.15, 0.2) is 15.2 Å². The highest BCUT2D eigenvalue weighted by Crippen LogP contribution is 2.15. The number of halogens is 1. The Labute approximate surface area is 60.8 Å². The molecule has 9 heavy (non-hydrogen) atoms. The summed E-state index contributed by atoms with van der Waals surface area (Å²) < 4.78 is 5.29. The second-order valence-corrected chi connectivity index (χ2v) is 2.54. The zero-order valence-corrected chi connectivity index (χ0v) is 6.42. The highest BCUT2D eigenvalue weighted by molar-refractivity contribution is 9.10. The average Bonchev–Trinajstić information content (AvgIpc) is 2.14. The predicted octanol–water partition coefficient (Wildman–Crippen LogP) is 1.49. The molecular weight excluding hydrogens is 186 g/mol. The van der Waals surface area contributed by atoms with Crippen molar-refractivity contribution in [1.29, 1.82) is 0 Å². The molecule has 1 heterocycles. The van der Waals surface area contributed by atoms with Gasteiger partial charge in [0.1, 0.15) is 10.7 Å². The van der Waals surface area contributed by atoms with E-state index < -0.39 is 6.10 Å². The minimum atomic E-state index is -0.580. The van der Waals surface area contributed by atoms with Gasteiger partial charge in [0.2, 0.25) is 0 Å². The Morgan fingerprint density at radius 2 is 2.56 bits per heavy atom. The molecule has 0 radical (unpaired) electrons. The highest BCUT2D eigenvalue weighted by Gasteiger charge is 2.05. The van der Waals surface area contributed by atoms with Crippen molar-refractivity contribution in [1.82, 2.24) is 5.16 Å². The molecular formula is C5H6BrNO2. The van der Waals surface area contributed by atoms with Gasteiger partial charge in [0.15, 0.2) is 5.76 Å². The first-order valence-corrected chi connectivity index (χ1v) is 3.29. The van der Waals surface area contributed by atoms with Crippen molar-refractivity contribution >= 4 is 15.9 Å². The van der Waals surface area contributed by atoms with Gasteiger partial charge in [-0.15, -0.1) is 0 Å². The monoisotopic (exact) mass is 191 g/mol. The summed E-state index contributed by atoms with van der Waals surface area (Å²) in [6, 6.07) is 1.63. The SMILES string of the molecule is CC(O)c1cc(Br)no1. The molecule has 1 atom stereocenters. The van der Waals surface area contributed by atoms with Crippen LogP contribution in [0, 0.1) is 0 Å². The quantitative estimate of drug-likeness (QED) is 0.732. The van der Waals surface area contributed by atoms with E-state index in [0.29, 0.717) is 10.4 Å². The van der Waals surface area contributed by atoms with Gasteiger partial charge in [-0.2, -0.15) is 0 Å². The largest absolute Gasteiger partial charge is 0.385 e. The fourth-order valence-electron chi connectivity index (χ4n) is 0.463. The van der Waals surface area contributed by atoms with Crippen LogP contribution < -0.4 is 0 Å². The van der Waals surface area contributed by atoms with Crippen LogP contribution >= 0.6 is 15.9 Å². The third-order valence-electron chi connectivity index (χ3n) is 0.911. The molecule has 0 fully saturated rings. The van der Waals surface area contributed by atoms with E-state index in [9.17, 15) is 0 Å². The molecule has 1 aromatic heterocycles. The van der Waals surface area contributed by atoms with Crippen LogP contribution in [0.25, 0.3) is 0 Å². The number of aliphatic hydroxyl groups excluding tert-OH is 1. The van der Waals surface area contributed by atoms with Crippen molar-refractivity contribution in [2.45, 2.75) is 13.0 Å². The average molecular weight is 192 g/mol. The lowest BCUT2D eigenvalue weighted by molar-refractivity contribution is 0.157. The molecule has 1 N–H and O–H groups in total. The van der Waals surface area contributed by atoms with Crippen molar-refractivity contribution in [2.75, 3.05) is 0 Å². The van der Waals surface area contributed by atoms with Crippen LogP contribution in [0.1, 0.15) is 18.8 Å². The van der Waals surface area contributed by atoms with E-state index in [2.05, 4.69) is 25.6 Å². The summed E-state index contributed by atoms with van der Waals surface area (Å²) in [5.74, 6) is 0.474. The summed E-state index contributed by atoms with van der Waals surface area (Å²) in [4.78, 5) is 0. The van der Waals surface area contributed by atoms with E-state index >= 15 is 0 Å². The van der Waals surface area contributed by atoms with E-state index in [1.54, 1.807) is 13.0 Å². The smallest absolute Gasteiger partial charge is 0.166 e. The highest BCUT2D eigenvalue weighted by atomic mass is 79.9. The summed E-state index contributed by atoms with van der Waals surface area (Å²) in [6.07, 6.45) is -0.580. The Morgan fingerprint density at radius 3 is 2.78 bits per heavy atom. The third-order valence-corrected chi connectivity index (χ3v) is 1.29. The molecule has 4 heteroatoms. The maximum atomic E-state index is 8.88. The molecule has 0 aliphatic carbocycles. The van der Waals surface area contributed by atoms with Crippen LogP contribution in [0.3, 0.4) is 0 Å². The number of nitrogens with zero attached hydrogens (tertiary/aromatic N) is 1. The maximum Gasteiger partial charge on any atom is 0.166 e. The topological polar surface area (TPSA) is 46.3 Å². The molecule has 0 saturated carbocycles. The molecule has 0 aliphatic rings. The van der Waals surface area contributed by atoms with Gasteiger partial charge in [0, 0.05) is 6.07 Å². The van der Waals surface area contributed by atoms with E-state index in [1.807, 2.05) is 0 Å². The van der Waals surface area contributed by atoms with Gasteiger partial charge in [-0.3, -0.25) is 0 Å². The Kier molecular flexibility index (Phi) is 1.87. The molecule has 1 unspecified atom stereocenters. The fraction of sp³-hybridized carbons (Fsp3) is 0.400. The number of rotatable bonds is 1. The summed E-state index contributed by atoms with van der Waals surface area (Å²) in [5.41, 5.74) is 0. The van der Waals surface area contributed by atoms with Crippen LogP contribution in [-0.4, -0.2) is 10.3 Å². The van der Waals surface area contributed by atoms with Crippen LogP contribution in [0.4, 0.5) is 0 Å². The molecule has 0 saturated heterocycles. The van der Waals surface area contributed by atoms with Crippen molar-refractivity contribution in [3.8, 4) is 0 Å². The van der Waals surface area contributed by atoms with Crippen molar-refractivity contribution in [2.24, 2.45) is 0 Å². The van der Waals surface area contributed by atoms with E-state index in [0.717, 1.165) is 0 Å². The summed E-state index contributed by atoms with van der Waals surface area (Å²) >= 11 is 3.08. The Bertz CT molecular complexity index is 197.